The summed E-state index contributed by atoms with van der Waals surface area (Å²) < 4.78 is 13.8. The maximum atomic E-state index is 13.8. The Morgan fingerprint density at radius 3 is 2.36 bits per heavy atom. The Kier molecular flexibility index (Phi) is 1.67. The lowest BCUT2D eigenvalue weighted by atomic mass is 9.87. The quantitative estimate of drug-likeness (QED) is 0.614. The molecular formula is C9H16FN. The van der Waals surface area contributed by atoms with Crippen LogP contribution in [-0.4, -0.2) is 17.8 Å². The Morgan fingerprint density at radius 2 is 1.91 bits per heavy atom. The predicted octanol–water partition coefficient (Wildman–Crippen LogP) is 2.02. The van der Waals surface area contributed by atoms with Crippen LogP contribution in [0.3, 0.4) is 0 Å². The molecule has 2 heteroatoms. The van der Waals surface area contributed by atoms with Gasteiger partial charge in [-0.05, 0) is 32.1 Å². The zero-order chi connectivity index (χ0) is 7.90. The third-order valence-corrected chi connectivity index (χ3v) is 3.19. The Balaban J connectivity index is 2.07. The van der Waals surface area contributed by atoms with E-state index in [1.54, 1.807) is 0 Å². The van der Waals surface area contributed by atoms with Crippen LogP contribution in [0, 0.1) is 0 Å². The van der Waals surface area contributed by atoms with Gasteiger partial charge in [0.05, 0.1) is 0 Å². The molecule has 2 fully saturated rings. The molecule has 11 heavy (non-hydrogen) atoms. The lowest BCUT2D eigenvalue weighted by Gasteiger charge is -2.34. The number of hydrogen-bond acceptors (Lipinski definition) is 1. The largest absolute Gasteiger partial charge is 0.311 e. The fraction of sp³-hybridized carbons (Fsp3) is 1.00. The van der Waals surface area contributed by atoms with Gasteiger partial charge in [-0.2, -0.15) is 0 Å². The van der Waals surface area contributed by atoms with E-state index in [0.717, 1.165) is 12.8 Å². The third-order valence-electron chi connectivity index (χ3n) is 3.19. The summed E-state index contributed by atoms with van der Waals surface area (Å²) >= 11 is 0. The molecule has 2 unspecified atom stereocenters. The minimum atomic E-state index is -0.836. The molecule has 2 heterocycles. The van der Waals surface area contributed by atoms with Gasteiger partial charge in [-0.15, -0.1) is 0 Å². The van der Waals surface area contributed by atoms with Gasteiger partial charge in [0.25, 0.3) is 0 Å². The molecule has 0 aromatic heterocycles. The summed E-state index contributed by atoms with van der Waals surface area (Å²) in [6.07, 6.45) is 4.58. The van der Waals surface area contributed by atoms with Crippen LogP contribution in [0.5, 0.6) is 0 Å². The van der Waals surface area contributed by atoms with Crippen LogP contribution in [0.2, 0.25) is 0 Å². The monoisotopic (exact) mass is 157 g/mol. The summed E-state index contributed by atoms with van der Waals surface area (Å²) in [5, 5.41) is 3.44. The second-order valence-corrected chi connectivity index (χ2v) is 4.05. The smallest absolute Gasteiger partial charge is 0.113 e. The molecule has 0 aromatic rings. The van der Waals surface area contributed by atoms with E-state index in [1.807, 2.05) is 6.92 Å². The first-order valence-electron chi connectivity index (χ1n) is 4.67. The van der Waals surface area contributed by atoms with Crippen LogP contribution < -0.4 is 5.32 Å². The van der Waals surface area contributed by atoms with Crippen LogP contribution in [0.4, 0.5) is 4.39 Å². The molecule has 0 radical (unpaired) electrons. The molecule has 2 aliphatic heterocycles. The van der Waals surface area contributed by atoms with E-state index in [0.29, 0.717) is 18.5 Å². The fourth-order valence-electron chi connectivity index (χ4n) is 2.48. The minimum Gasteiger partial charge on any atom is -0.311 e. The Bertz CT molecular complexity index is 146. The van der Waals surface area contributed by atoms with E-state index in [-0.39, 0.29) is 0 Å². The summed E-state index contributed by atoms with van der Waals surface area (Å²) in [5.74, 6) is 0. The average Bonchev–Trinajstić information content (AvgIpc) is 2.31. The number of piperidine rings is 1. The average molecular weight is 157 g/mol. The van der Waals surface area contributed by atoms with Crippen molar-refractivity contribution >= 4 is 0 Å². The van der Waals surface area contributed by atoms with Gasteiger partial charge in [0.2, 0.25) is 0 Å². The molecule has 2 saturated heterocycles. The zero-order valence-corrected chi connectivity index (χ0v) is 7.07. The molecule has 2 rings (SSSR count). The first kappa shape index (κ1) is 7.53. The number of rotatable bonds is 1. The Hall–Kier alpha value is -0.110. The van der Waals surface area contributed by atoms with Crippen LogP contribution in [0.1, 0.15) is 39.0 Å². The maximum Gasteiger partial charge on any atom is 0.113 e. The molecule has 0 saturated carbocycles. The second kappa shape index (κ2) is 2.44. The fourth-order valence-corrected chi connectivity index (χ4v) is 2.48. The van der Waals surface area contributed by atoms with E-state index in [2.05, 4.69) is 5.32 Å². The predicted molar refractivity (Wildman–Crippen MR) is 43.3 cm³/mol. The van der Waals surface area contributed by atoms with Gasteiger partial charge in [-0.1, -0.05) is 6.92 Å². The van der Waals surface area contributed by atoms with Gasteiger partial charge in [0, 0.05) is 12.1 Å². The minimum absolute atomic E-state index is 0.485. The first-order chi connectivity index (χ1) is 5.22. The standard InChI is InChI=1S/C9H16FN/c1-2-9(10)5-7-3-4-8(6-9)11-7/h7-8,11H,2-6H2,1H3. The molecule has 0 amide bonds. The van der Waals surface area contributed by atoms with Crippen LogP contribution >= 0.6 is 0 Å². The van der Waals surface area contributed by atoms with Crippen molar-refractivity contribution in [3.05, 3.63) is 0 Å². The van der Waals surface area contributed by atoms with Crippen molar-refractivity contribution in [1.82, 2.24) is 5.32 Å². The van der Waals surface area contributed by atoms with Crippen molar-refractivity contribution in [1.29, 1.82) is 0 Å². The zero-order valence-electron chi connectivity index (χ0n) is 7.07. The van der Waals surface area contributed by atoms with Crippen molar-refractivity contribution in [3.8, 4) is 0 Å². The molecule has 1 N–H and O–H groups in total. The van der Waals surface area contributed by atoms with Crippen molar-refractivity contribution in [2.75, 3.05) is 0 Å². The summed E-state index contributed by atoms with van der Waals surface area (Å²) in [5.41, 5.74) is -0.836. The van der Waals surface area contributed by atoms with Crippen LogP contribution in [-0.2, 0) is 0 Å². The highest BCUT2D eigenvalue weighted by atomic mass is 19.1. The maximum absolute atomic E-state index is 13.8. The van der Waals surface area contributed by atoms with Gasteiger partial charge in [-0.3, -0.25) is 0 Å². The van der Waals surface area contributed by atoms with Gasteiger partial charge >= 0.3 is 0 Å². The van der Waals surface area contributed by atoms with Crippen LogP contribution in [0.15, 0.2) is 0 Å². The first-order valence-corrected chi connectivity index (χ1v) is 4.67. The van der Waals surface area contributed by atoms with Crippen molar-refractivity contribution in [2.45, 2.75) is 56.8 Å². The second-order valence-electron chi connectivity index (χ2n) is 4.05. The lowest BCUT2D eigenvalue weighted by molar-refractivity contribution is 0.0849. The van der Waals surface area contributed by atoms with E-state index in [1.165, 1.54) is 12.8 Å². The number of fused-ring (bicyclic) bond motifs is 2. The normalized spacial score (nSPS) is 49.6. The van der Waals surface area contributed by atoms with Crippen LogP contribution in [0.25, 0.3) is 0 Å². The molecule has 2 aliphatic rings. The summed E-state index contributed by atoms with van der Waals surface area (Å²) in [7, 11) is 0. The highest BCUT2D eigenvalue weighted by Crippen LogP contribution is 2.38. The number of alkyl halides is 1. The van der Waals surface area contributed by atoms with Crippen molar-refractivity contribution < 1.29 is 4.39 Å². The van der Waals surface area contributed by atoms with Gasteiger partial charge in [0.15, 0.2) is 0 Å². The Morgan fingerprint density at radius 1 is 1.36 bits per heavy atom. The number of nitrogens with one attached hydrogen (secondary N) is 1. The number of halogens is 1. The molecule has 64 valence electrons. The lowest BCUT2D eigenvalue weighted by Crippen LogP contribution is -2.45. The Labute approximate surface area is 67.4 Å². The van der Waals surface area contributed by atoms with E-state index in [4.69, 9.17) is 0 Å². The van der Waals surface area contributed by atoms with E-state index < -0.39 is 5.67 Å². The molecule has 0 aromatic carbocycles. The number of hydrogen-bond donors (Lipinski definition) is 1. The SMILES string of the molecule is CCC1(F)CC2CCC(C1)N2. The van der Waals surface area contributed by atoms with Crippen molar-refractivity contribution in [2.24, 2.45) is 0 Å². The van der Waals surface area contributed by atoms with Crippen molar-refractivity contribution in [3.63, 3.8) is 0 Å². The highest BCUT2D eigenvalue weighted by molar-refractivity contribution is 4.99. The molecule has 2 bridgehead atoms. The topological polar surface area (TPSA) is 12.0 Å². The summed E-state index contributed by atoms with van der Waals surface area (Å²) in [6.45, 7) is 1.96. The van der Waals surface area contributed by atoms with Gasteiger partial charge in [-0.25, -0.2) is 4.39 Å². The third kappa shape index (κ3) is 1.28. The molecular weight excluding hydrogens is 141 g/mol. The molecule has 1 nitrogen and oxygen atoms in total. The summed E-state index contributed by atoms with van der Waals surface area (Å²) in [4.78, 5) is 0. The molecule has 0 spiro atoms. The van der Waals surface area contributed by atoms with E-state index >= 15 is 0 Å². The molecule has 2 atom stereocenters. The highest BCUT2D eigenvalue weighted by Gasteiger charge is 2.42. The van der Waals surface area contributed by atoms with Gasteiger partial charge in [0.1, 0.15) is 5.67 Å². The summed E-state index contributed by atoms with van der Waals surface area (Å²) in [6, 6.07) is 0.970. The molecule has 0 aliphatic carbocycles. The van der Waals surface area contributed by atoms with Gasteiger partial charge < -0.3 is 5.32 Å². The van der Waals surface area contributed by atoms with E-state index in [9.17, 15) is 4.39 Å².